The van der Waals surface area contributed by atoms with Crippen LogP contribution >= 0.6 is 0 Å². The number of benzene rings is 1. The van der Waals surface area contributed by atoms with E-state index >= 15 is 0 Å². The fourth-order valence-electron chi connectivity index (χ4n) is 2.01. The molecule has 0 spiro atoms. The molecule has 0 aliphatic carbocycles. The van der Waals surface area contributed by atoms with Gasteiger partial charge in [0.2, 0.25) is 0 Å². The highest BCUT2D eigenvalue weighted by molar-refractivity contribution is 7.91. The quantitative estimate of drug-likeness (QED) is 0.817. The summed E-state index contributed by atoms with van der Waals surface area (Å²) in [6, 6.07) is 2.89. The van der Waals surface area contributed by atoms with Crippen LogP contribution in [0.2, 0.25) is 0 Å². The van der Waals surface area contributed by atoms with Crippen molar-refractivity contribution >= 4 is 9.84 Å². The third kappa shape index (κ3) is 3.84. The zero-order valence-electron chi connectivity index (χ0n) is 11.4. The molecule has 0 N–H and O–H groups in total. The maximum absolute atomic E-state index is 13.6. The average molecular weight is 315 g/mol. The van der Waals surface area contributed by atoms with Crippen LogP contribution in [-0.4, -0.2) is 28.4 Å². The molecule has 0 saturated carbocycles. The van der Waals surface area contributed by atoms with Crippen molar-refractivity contribution in [3.05, 3.63) is 48.1 Å². The van der Waals surface area contributed by atoms with Crippen molar-refractivity contribution in [3.63, 3.8) is 0 Å². The Kier molecular flexibility index (Phi) is 4.66. The maximum atomic E-state index is 13.6. The van der Waals surface area contributed by atoms with Crippen LogP contribution in [0.3, 0.4) is 0 Å². The highest BCUT2D eigenvalue weighted by atomic mass is 32.2. The van der Waals surface area contributed by atoms with Gasteiger partial charge in [-0.25, -0.2) is 22.2 Å². The molecular weight excluding hydrogens is 300 g/mol. The number of nitrogens with zero attached hydrogens (tertiary/aromatic N) is 3. The van der Waals surface area contributed by atoms with E-state index < -0.39 is 32.5 Å². The summed E-state index contributed by atoms with van der Waals surface area (Å²) < 4.78 is 52.6. The Hall–Kier alpha value is -1.83. The van der Waals surface area contributed by atoms with Crippen LogP contribution in [0.25, 0.3) is 0 Å². The van der Waals surface area contributed by atoms with Gasteiger partial charge in [0.15, 0.2) is 9.84 Å². The molecule has 0 aliphatic rings. The fraction of sp³-hybridized carbons (Fsp3) is 0.385. The van der Waals surface area contributed by atoms with Crippen molar-refractivity contribution in [2.45, 2.75) is 30.9 Å². The van der Waals surface area contributed by atoms with E-state index in [2.05, 4.69) is 10.1 Å². The van der Waals surface area contributed by atoms with Crippen molar-refractivity contribution < 1.29 is 17.2 Å². The van der Waals surface area contributed by atoms with Crippen LogP contribution in [0.15, 0.2) is 30.9 Å². The number of sulfone groups is 1. The number of aromatic nitrogens is 3. The summed E-state index contributed by atoms with van der Waals surface area (Å²) in [5.41, 5.74) is -0.0339. The minimum absolute atomic E-state index is 0.0339. The average Bonchev–Trinajstić information content (AvgIpc) is 2.92. The summed E-state index contributed by atoms with van der Waals surface area (Å²) in [6.45, 7) is 1.89. The van der Waals surface area contributed by atoms with Crippen LogP contribution in [-0.2, 0) is 22.1 Å². The van der Waals surface area contributed by atoms with Crippen molar-refractivity contribution in [2.24, 2.45) is 0 Å². The summed E-state index contributed by atoms with van der Waals surface area (Å²) >= 11 is 0. The number of halogens is 2. The lowest BCUT2D eigenvalue weighted by atomic mass is 10.2. The zero-order valence-corrected chi connectivity index (χ0v) is 12.2. The van der Waals surface area contributed by atoms with E-state index in [-0.39, 0.29) is 12.1 Å². The van der Waals surface area contributed by atoms with Gasteiger partial charge < -0.3 is 0 Å². The molecule has 0 radical (unpaired) electrons. The van der Waals surface area contributed by atoms with Crippen LogP contribution in [0.1, 0.15) is 18.9 Å². The maximum Gasteiger partial charge on any atom is 0.159 e. The van der Waals surface area contributed by atoms with E-state index in [0.29, 0.717) is 12.5 Å². The van der Waals surface area contributed by atoms with Crippen molar-refractivity contribution in [1.82, 2.24) is 14.8 Å². The van der Waals surface area contributed by atoms with Crippen LogP contribution in [0, 0.1) is 11.6 Å². The monoisotopic (exact) mass is 315 g/mol. The molecule has 5 nitrogen and oxygen atoms in total. The molecular formula is C13H15F2N3O2S. The molecule has 0 fully saturated rings. The van der Waals surface area contributed by atoms with Crippen LogP contribution < -0.4 is 0 Å². The first-order valence-corrected chi connectivity index (χ1v) is 8.12. The lowest BCUT2D eigenvalue weighted by Gasteiger charge is -2.16. The first kappa shape index (κ1) is 15.6. The van der Waals surface area contributed by atoms with Crippen molar-refractivity contribution in [3.8, 4) is 0 Å². The van der Waals surface area contributed by atoms with Gasteiger partial charge in [-0.2, -0.15) is 5.10 Å². The molecule has 0 saturated heterocycles. The van der Waals surface area contributed by atoms with Crippen molar-refractivity contribution in [1.29, 1.82) is 0 Å². The van der Waals surface area contributed by atoms with Gasteiger partial charge in [0, 0.05) is 11.6 Å². The highest BCUT2D eigenvalue weighted by Crippen LogP contribution is 2.18. The van der Waals surface area contributed by atoms with Gasteiger partial charge in [0.05, 0.1) is 17.5 Å². The topological polar surface area (TPSA) is 64.8 Å². The van der Waals surface area contributed by atoms with Gasteiger partial charge in [-0.05, 0) is 12.5 Å². The number of hydrogen-bond acceptors (Lipinski definition) is 4. The standard InChI is InChI=1S/C13H15F2N3O2S/c1-2-12(6-18-9-16-8-17-18)21(19,20)7-10-3-4-11(14)5-13(10)15/h3-5,8-9,12H,2,6-7H2,1H3. The summed E-state index contributed by atoms with van der Waals surface area (Å²) in [6.07, 6.45) is 3.11. The second-order valence-electron chi connectivity index (χ2n) is 4.69. The third-order valence-electron chi connectivity index (χ3n) is 3.19. The molecule has 1 unspecified atom stereocenters. The Morgan fingerprint density at radius 3 is 2.67 bits per heavy atom. The van der Waals surface area contributed by atoms with E-state index in [9.17, 15) is 17.2 Å². The molecule has 2 aromatic rings. The first-order valence-electron chi connectivity index (χ1n) is 6.40. The molecule has 8 heteroatoms. The van der Waals surface area contributed by atoms with Gasteiger partial charge >= 0.3 is 0 Å². The van der Waals surface area contributed by atoms with Crippen molar-refractivity contribution in [2.75, 3.05) is 0 Å². The van der Waals surface area contributed by atoms with Gasteiger partial charge in [-0.1, -0.05) is 13.0 Å². The molecule has 1 aromatic carbocycles. The second-order valence-corrected chi connectivity index (χ2v) is 6.97. The fourth-order valence-corrected chi connectivity index (χ4v) is 3.80. The lowest BCUT2D eigenvalue weighted by molar-refractivity contribution is 0.524. The Morgan fingerprint density at radius 2 is 2.10 bits per heavy atom. The first-order chi connectivity index (χ1) is 9.92. The summed E-state index contributed by atoms with van der Waals surface area (Å²) in [5, 5.41) is 3.17. The predicted octanol–water partition coefficient (Wildman–Crippen LogP) is 1.95. The highest BCUT2D eigenvalue weighted by Gasteiger charge is 2.26. The van der Waals surface area contributed by atoms with Gasteiger partial charge in [-0.3, -0.25) is 4.68 Å². The van der Waals surface area contributed by atoms with E-state index in [1.807, 2.05) is 0 Å². The molecule has 0 aliphatic heterocycles. The second kappa shape index (κ2) is 6.30. The van der Waals surface area contributed by atoms with Gasteiger partial charge in [-0.15, -0.1) is 0 Å². The molecule has 0 amide bonds. The van der Waals surface area contributed by atoms with E-state index in [4.69, 9.17) is 0 Å². The zero-order chi connectivity index (χ0) is 15.5. The van der Waals surface area contributed by atoms with E-state index in [0.717, 1.165) is 12.1 Å². The molecule has 114 valence electrons. The van der Waals surface area contributed by atoms with E-state index in [1.165, 1.54) is 17.3 Å². The predicted molar refractivity (Wildman–Crippen MR) is 73.1 cm³/mol. The normalized spacial score (nSPS) is 13.3. The lowest BCUT2D eigenvalue weighted by Crippen LogP contribution is -2.27. The Labute approximate surface area is 121 Å². The summed E-state index contributed by atoms with van der Waals surface area (Å²) in [7, 11) is -3.59. The number of hydrogen-bond donors (Lipinski definition) is 0. The summed E-state index contributed by atoms with van der Waals surface area (Å²) in [5.74, 6) is -2.05. The van der Waals surface area contributed by atoms with Gasteiger partial charge in [0.1, 0.15) is 24.3 Å². The Morgan fingerprint density at radius 1 is 1.33 bits per heavy atom. The summed E-state index contributed by atoms with van der Waals surface area (Å²) in [4.78, 5) is 3.75. The smallest absolute Gasteiger partial charge is 0.159 e. The van der Waals surface area contributed by atoms with Crippen LogP contribution in [0.5, 0.6) is 0 Å². The molecule has 21 heavy (non-hydrogen) atoms. The van der Waals surface area contributed by atoms with Crippen LogP contribution in [0.4, 0.5) is 8.78 Å². The van der Waals surface area contributed by atoms with E-state index in [1.54, 1.807) is 6.92 Å². The molecule has 1 aromatic heterocycles. The van der Waals surface area contributed by atoms with Gasteiger partial charge in [0.25, 0.3) is 0 Å². The molecule has 2 rings (SSSR count). The Bertz CT molecular complexity index is 702. The number of rotatable bonds is 6. The minimum atomic E-state index is -3.59. The largest absolute Gasteiger partial charge is 0.252 e. The molecule has 1 heterocycles. The Balaban J connectivity index is 2.19. The minimum Gasteiger partial charge on any atom is -0.252 e. The molecule has 0 bridgehead atoms. The SMILES string of the molecule is CCC(Cn1cncn1)S(=O)(=O)Cc1ccc(F)cc1F. The molecule has 1 atom stereocenters. The third-order valence-corrected chi connectivity index (χ3v) is 5.40.